The zero-order chi connectivity index (χ0) is 10.8. The Morgan fingerprint density at radius 2 is 2.13 bits per heavy atom. The molecule has 1 saturated carbocycles. The molecule has 2 atom stereocenters. The Balaban J connectivity index is 2.08. The summed E-state index contributed by atoms with van der Waals surface area (Å²) in [6, 6.07) is 7.11. The molecule has 1 aromatic carbocycles. The van der Waals surface area contributed by atoms with E-state index in [9.17, 15) is 5.11 Å². The van der Waals surface area contributed by atoms with Crippen LogP contribution in [0.15, 0.2) is 24.3 Å². The Morgan fingerprint density at radius 3 is 2.67 bits per heavy atom. The Labute approximate surface area is 95.1 Å². The molecular weight excluding hydrogens is 210 g/mol. The van der Waals surface area contributed by atoms with Gasteiger partial charge in [0, 0.05) is 5.02 Å². The van der Waals surface area contributed by atoms with Crippen molar-refractivity contribution in [2.24, 2.45) is 11.7 Å². The van der Waals surface area contributed by atoms with Crippen molar-refractivity contribution in [2.75, 3.05) is 0 Å². The summed E-state index contributed by atoms with van der Waals surface area (Å²) in [6.45, 7) is 0. The highest BCUT2D eigenvalue weighted by atomic mass is 35.5. The second-order valence-corrected chi connectivity index (χ2v) is 4.70. The Kier molecular flexibility index (Phi) is 3.29. The predicted molar refractivity (Wildman–Crippen MR) is 61.7 cm³/mol. The molecule has 0 spiro atoms. The first-order chi connectivity index (χ1) is 7.18. The van der Waals surface area contributed by atoms with Crippen molar-refractivity contribution in [3.05, 3.63) is 34.9 Å². The molecule has 1 fully saturated rings. The highest BCUT2D eigenvalue weighted by molar-refractivity contribution is 6.30. The van der Waals surface area contributed by atoms with Crippen LogP contribution >= 0.6 is 11.6 Å². The van der Waals surface area contributed by atoms with Crippen LogP contribution in [-0.4, -0.2) is 11.2 Å². The third-order valence-electron chi connectivity index (χ3n) is 3.23. The van der Waals surface area contributed by atoms with Gasteiger partial charge in [0.05, 0.1) is 12.1 Å². The number of benzene rings is 1. The summed E-state index contributed by atoms with van der Waals surface area (Å²) in [7, 11) is 0. The second kappa shape index (κ2) is 4.52. The lowest BCUT2D eigenvalue weighted by atomic mass is 9.77. The van der Waals surface area contributed by atoms with E-state index >= 15 is 0 Å². The molecule has 0 aliphatic heterocycles. The van der Waals surface area contributed by atoms with Gasteiger partial charge in [-0.05, 0) is 36.5 Å². The number of hydrogen-bond donors (Lipinski definition) is 2. The first kappa shape index (κ1) is 10.9. The molecule has 1 aliphatic rings. The third kappa shape index (κ3) is 2.33. The van der Waals surface area contributed by atoms with Crippen molar-refractivity contribution < 1.29 is 5.11 Å². The minimum Gasteiger partial charge on any atom is -0.391 e. The first-order valence-corrected chi connectivity index (χ1v) is 5.75. The van der Waals surface area contributed by atoms with Gasteiger partial charge < -0.3 is 10.8 Å². The monoisotopic (exact) mass is 225 g/mol. The predicted octanol–water partition coefficient (Wildman–Crippen LogP) is 2.50. The summed E-state index contributed by atoms with van der Waals surface area (Å²) in [5, 5.41) is 10.7. The smallest absolute Gasteiger partial charge is 0.0760 e. The fourth-order valence-electron chi connectivity index (χ4n) is 1.99. The molecule has 15 heavy (non-hydrogen) atoms. The molecule has 1 aromatic rings. The van der Waals surface area contributed by atoms with Crippen molar-refractivity contribution in [3.8, 4) is 0 Å². The summed E-state index contributed by atoms with van der Waals surface area (Å²) in [6.07, 6.45) is 2.96. The van der Waals surface area contributed by atoms with E-state index < -0.39 is 6.10 Å². The zero-order valence-corrected chi connectivity index (χ0v) is 9.32. The maximum Gasteiger partial charge on any atom is 0.0760 e. The van der Waals surface area contributed by atoms with E-state index in [1.54, 1.807) is 0 Å². The Morgan fingerprint density at radius 1 is 1.40 bits per heavy atom. The van der Waals surface area contributed by atoms with Gasteiger partial charge in [-0.1, -0.05) is 30.2 Å². The summed E-state index contributed by atoms with van der Waals surface area (Å²) in [4.78, 5) is 0. The normalized spacial score (nSPS) is 20.7. The molecule has 0 bridgehead atoms. The van der Waals surface area contributed by atoms with E-state index in [0.29, 0.717) is 10.9 Å². The first-order valence-electron chi connectivity index (χ1n) is 5.37. The number of nitrogens with two attached hydrogens (primary N) is 1. The molecule has 2 rings (SSSR count). The van der Waals surface area contributed by atoms with Crippen LogP contribution in [0.2, 0.25) is 5.02 Å². The fraction of sp³-hybridized carbons (Fsp3) is 0.500. The van der Waals surface area contributed by atoms with E-state index in [4.69, 9.17) is 17.3 Å². The quantitative estimate of drug-likeness (QED) is 0.831. The summed E-state index contributed by atoms with van der Waals surface area (Å²) >= 11 is 5.88. The van der Waals surface area contributed by atoms with E-state index in [2.05, 4.69) is 0 Å². The van der Waals surface area contributed by atoms with Crippen LogP contribution in [0.1, 0.15) is 30.9 Å². The number of hydrogen-bond acceptors (Lipinski definition) is 2. The molecule has 0 saturated heterocycles. The minimum absolute atomic E-state index is 0.311. The van der Waals surface area contributed by atoms with Gasteiger partial charge in [0.2, 0.25) is 0 Å². The molecule has 0 heterocycles. The maximum atomic E-state index is 10.0. The zero-order valence-electron chi connectivity index (χ0n) is 8.57. The van der Waals surface area contributed by atoms with Crippen molar-refractivity contribution in [2.45, 2.75) is 31.4 Å². The van der Waals surface area contributed by atoms with Gasteiger partial charge in [-0.25, -0.2) is 0 Å². The van der Waals surface area contributed by atoms with Gasteiger partial charge in [0.1, 0.15) is 0 Å². The van der Waals surface area contributed by atoms with Gasteiger partial charge in [0.25, 0.3) is 0 Å². The van der Waals surface area contributed by atoms with E-state index in [-0.39, 0.29) is 6.04 Å². The topological polar surface area (TPSA) is 46.2 Å². The van der Waals surface area contributed by atoms with Crippen LogP contribution in [-0.2, 0) is 0 Å². The minimum atomic E-state index is -0.433. The molecule has 1 aliphatic carbocycles. The fourth-order valence-corrected chi connectivity index (χ4v) is 2.18. The lowest BCUT2D eigenvalue weighted by Gasteiger charge is -2.33. The van der Waals surface area contributed by atoms with Gasteiger partial charge in [-0.2, -0.15) is 0 Å². The average Bonchev–Trinajstić information content (AvgIpc) is 2.14. The van der Waals surface area contributed by atoms with Crippen LogP contribution in [0.5, 0.6) is 0 Å². The summed E-state index contributed by atoms with van der Waals surface area (Å²) in [5.74, 6) is 0.374. The lowest BCUT2D eigenvalue weighted by Crippen LogP contribution is -2.36. The Hall–Kier alpha value is -0.570. The molecule has 0 radical (unpaired) electrons. The van der Waals surface area contributed by atoms with Gasteiger partial charge in [-0.15, -0.1) is 0 Å². The third-order valence-corrected chi connectivity index (χ3v) is 3.47. The molecule has 2 nitrogen and oxygen atoms in total. The SMILES string of the molecule is N[C@H](c1cccc(Cl)c1)[C@@H](O)C1CCC1. The molecule has 82 valence electrons. The van der Waals surface area contributed by atoms with E-state index in [1.807, 2.05) is 24.3 Å². The highest BCUT2D eigenvalue weighted by Crippen LogP contribution is 2.34. The largest absolute Gasteiger partial charge is 0.391 e. The van der Waals surface area contributed by atoms with Crippen molar-refractivity contribution in [1.29, 1.82) is 0 Å². The molecule has 0 aromatic heterocycles. The standard InChI is InChI=1S/C12H16ClNO/c13-10-6-2-5-9(7-10)11(14)12(15)8-3-1-4-8/h2,5-8,11-12,15H,1,3-4,14H2/t11-,12+/m1/s1. The van der Waals surface area contributed by atoms with Crippen LogP contribution in [0, 0.1) is 5.92 Å². The van der Waals surface area contributed by atoms with Gasteiger partial charge in [-0.3, -0.25) is 0 Å². The summed E-state index contributed by atoms with van der Waals surface area (Å²) in [5.41, 5.74) is 6.93. The van der Waals surface area contributed by atoms with Crippen LogP contribution in [0.3, 0.4) is 0 Å². The maximum absolute atomic E-state index is 10.0. The van der Waals surface area contributed by atoms with Crippen LogP contribution < -0.4 is 5.73 Å². The van der Waals surface area contributed by atoms with Crippen molar-refractivity contribution in [1.82, 2.24) is 0 Å². The van der Waals surface area contributed by atoms with Gasteiger partial charge in [0.15, 0.2) is 0 Å². The van der Waals surface area contributed by atoms with E-state index in [0.717, 1.165) is 18.4 Å². The number of halogens is 1. The molecule has 0 unspecified atom stereocenters. The number of rotatable bonds is 3. The molecular formula is C12H16ClNO. The van der Waals surface area contributed by atoms with Crippen molar-refractivity contribution in [3.63, 3.8) is 0 Å². The average molecular weight is 226 g/mol. The number of aliphatic hydroxyl groups is 1. The molecule has 3 N–H and O–H groups in total. The second-order valence-electron chi connectivity index (χ2n) is 4.26. The Bertz CT molecular complexity index is 338. The van der Waals surface area contributed by atoms with Crippen LogP contribution in [0.25, 0.3) is 0 Å². The van der Waals surface area contributed by atoms with Gasteiger partial charge >= 0.3 is 0 Å². The summed E-state index contributed by atoms with van der Waals surface area (Å²) < 4.78 is 0. The number of aliphatic hydroxyl groups excluding tert-OH is 1. The van der Waals surface area contributed by atoms with E-state index in [1.165, 1.54) is 6.42 Å². The molecule has 0 amide bonds. The lowest BCUT2D eigenvalue weighted by molar-refractivity contribution is 0.0414. The van der Waals surface area contributed by atoms with Crippen molar-refractivity contribution >= 4 is 11.6 Å². The molecule has 3 heteroatoms. The highest BCUT2D eigenvalue weighted by Gasteiger charge is 2.30. The van der Waals surface area contributed by atoms with Crippen LogP contribution in [0.4, 0.5) is 0 Å².